The maximum atomic E-state index is 10.8. The molecular formula is C22H21IN6O2. The van der Waals surface area contributed by atoms with E-state index in [9.17, 15) is 4.79 Å². The second-order valence-electron chi connectivity index (χ2n) is 7.76. The zero-order chi connectivity index (χ0) is 21.4. The number of carboxylic acid groups (broad SMARTS) is 1. The molecule has 4 heterocycles. The Balaban J connectivity index is 1.46. The third-order valence-electron chi connectivity index (χ3n) is 5.80. The fourth-order valence-electron chi connectivity index (χ4n) is 4.16. The van der Waals surface area contributed by atoms with Gasteiger partial charge in [0, 0.05) is 34.8 Å². The highest BCUT2D eigenvalue weighted by Gasteiger charge is 2.22. The van der Waals surface area contributed by atoms with Crippen LogP contribution in [0.15, 0.2) is 48.7 Å². The highest BCUT2D eigenvalue weighted by Crippen LogP contribution is 2.31. The van der Waals surface area contributed by atoms with Gasteiger partial charge in [0.05, 0.1) is 11.2 Å². The summed E-state index contributed by atoms with van der Waals surface area (Å²) in [6.07, 6.45) is 2.91. The van der Waals surface area contributed by atoms with Crippen LogP contribution >= 0.6 is 22.6 Å². The molecule has 0 spiro atoms. The van der Waals surface area contributed by atoms with E-state index in [4.69, 9.17) is 10.1 Å². The van der Waals surface area contributed by atoms with Crippen molar-refractivity contribution in [1.29, 1.82) is 0 Å². The summed E-state index contributed by atoms with van der Waals surface area (Å²) in [5.41, 5.74) is 3.64. The second-order valence-corrected chi connectivity index (χ2v) is 9.00. The quantitative estimate of drug-likeness (QED) is 0.389. The number of nitrogens with one attached hydrogen (secondary N) is 1. The summed E-state index contributed by atoms with van der Waals surface area (Å²) >= 11 is 2.27. The van der Waals surface area contributed by atoms with Crippen LogP contribution in [0.25, 0.3) is 28.1 Å². The van der Waals surface area contributed by atoms with Gasteiger partial charge in [-0.2, -0.15) is 0 Å². The van der Waals surface area contributed by atoms with E-state index in [0.717, 1.165) is 63.3 Å². The molecule has 0 aliphatic carbocycles. The summed E-state index contributed by atoms with van der Waals surface area (Å²) in [5.74, 6) is 1.09. The van der Waals surface area contributed by atoms with Crippen molar-refractivity contribution >= 4 is 50.9 Å². The Kier molecular flexibility index (Phi) is 5.34. The number of benzene rings is 1. The number of pyridine rings is 2. The van der Waals surface area contributed by atoms with Crippen LogP contribution in [0.4, 0.5) is 10.5 Å². The number of aromatic nitrogens is 4. The van der Waals surface area contributed by atoms with Crippen LogP contribution in [-0.2, 0) is 0 Å². The minimum atomic E-state index is -0.955. The zero-order valence-electron chi connectivity index (χ0n) is 16.7. The number of rotatable bonds is 4. The predicted molar refractivity (Wildman–Crippen MR) is 127 cm³/mol. The van der Waals surface area contributed by atoms with Crippen LogP contribution in [0, 0.1) is 9.49 Å². The molecule has 1 amide bonds. The van der Waals surface area contributed by atoms with Gasteiger partial charge in [-0.25, -0.2) is 9.78 Å². The van der Waals surface area contributed by atoms with Crippen LogP contribution in [0.5, 0.6) is 0 Å². The van der Waals surface area contributed by atoms with Gasteiger partial charge in [-0.05, 0) is 65.6 Å². The first kappa shape index (κ1) is 20.0. The lowest BCUT2D eigenvalue weighted by Crippen LogP contribution is -2.38. The van der Waals surface area contributed by atoms with Crippen molar-refractivity contribution in [1.82, 2.24) is 24.9 Å². The summed E-state index contributed by atoms with van der Waals surface area (Å²) in [6, 6.07) is 14.3. The minimum Gasteiger partial charge on any atom is -0.465 e. The Hall–Kier alpha value is -2.95. The van der Waals surface area contributed by atoms with E-state index < -0.39 is 6.09 Å². The van der Waals surface area contributed by atoms with E-state index >= 15 is 0 Å². The van der Waals surface area contributed by atoms with E-state index in [1.165, 1.54) is 0 Å². The Morgan fingerprint density at radius 1 is 1.16 bits per heavy atom. The monoisotopic (exact) mass is 528 g/mol. The normalized spacial score (nSPS) is 14.9. The molecular weight excluding hydrogens is 507 g/mol. The number of hydrogen-bond acceptors (Lipinski definition) is 5. The van der Waals surface area contributed by atoms with Gasteiger partial charge in [-0.1, -0.05) is 18.2 Å². The Labute approximate surface area is 192 Å². The van der Waals surface area contributed by atoms with Crippen LogP contribution < -0.4 is 10.2 Å². The van der Waals surface area contributed by atoms with Crippen molar-refractivity contribution in [3.05, 3.63) is 52.2 Å². The summed E-state index contributed by atoms with van der Waals surface area (Å²) in [5, 5.41) is 21.1. The number of piperidine rings is 1. The van der Waals surface area contributed by atoms with Crippen molar-refractivity contribution in [2.45, 2.75) is 12.8 Å². The molecule has 0 bridgehead atoms. The number of carbonyl (C=O) groups is 1. The summed E-state index contributed by atoms with van der Waals surface area (Å²) in [6.45, 7) is 2.27. The number of para-hydroxylation sites is 1. The lowest BCUT2D eigenvalue weighted by molar-refractivity contribution is 0.191. The summed E-state index contributed by atoms with van der Waals surface area (Å²) in [4.78, 5) is 18.1. The van der Waals surface area contributed by atoms with E-state index in [-0.39, 0.29) is 0 Å². The molecule has 2 N–H and O–H groups in total. The topological polar surface area (TPSA) is 95.7 Å². The molecule has 31 heavy (non-hydrogen) atoms. The lowest BCUT2D eigenvalue weighted by Gasteiger charge is -2.34. The number of nitrogens with zero attached hydrogens (tertiary/aromatic N) is 5. The van der Waals surface area contributed by atoms with Gasteiger partial charge in [0.15, 0.2) is 11.5 Å². The third-order valence-corrected chi connectivity index (χ3v) is 6.47. The first-order chi connectivity index (χ1) is 15.1. The Morgan fingerprint density at radius 2 is 2.00 bits per heavy atom. The van der Waals surface area contributed by atoms with E-state index in [0.29, 0.717) is 12.5 Å². The number of amides is 1. The molecule has 0 radical (unpaired) electrons. The second kappa shape index (κ2) is 8.29. The van der Waals surface area contributed by atoms with Crippen LogP contribution in [-0.4, -0.2) is 50.4 Å². The number of anilines is 1. The SMILES string of the molecule is O=C(O)NCC1CCN(c2cccc3ccc(-c4nnc5cc(I)ccn45)nc23)CC1. The molecule has 1 aromatic carbocycles. The summed E-state index contributed by atoms with van der Waals surface area (Å²) in [7, 11) is 0. The van der Waals surface area contributed by atoms with Gasteiger partial charge >= 0.3 is 6.09 Å². The van der Waals surface area contributed by atoms with E-state index in [1.54, 1.807) is 0 Å². The molecule has 0 saturated carbocycles. The molecule has 9 heteroatoms. The van der Waals surface area contributed by atoms with Gasteiger partial charge in [0.25, 0.3) is 0 Å². The van der Waals surface area contributed by atoms with Crippen molar-refractivity contribution in [3.63, 3.8) is 0 Å². The highest BCUT2D eigenvalue weighted by atomic mass is 127. The number of fused-ring (bicyclic) bond motifs is 2. The van der Waals surface area contributed by atoms with Crippen molar-refractivity contribution < 1.29 is 9.90 Å². The maximum absolute atomic E-state index is 10.8. The van der Waals surface area contributed by atoms with Crippen LogP contribution in [0.2, 0.25) is 0 Å². The molecule has 1 saturated heterocycles. The van der Waals surface area contributed by atoms with Crippen LogP contribution in [0.1, 0.15) is 12.8 Å². The van der Waals surface area contributed by atoms with Gasteiger partial charge in [0.2, 0.25) is 0 Å². The zero-order valence-corrected chi connectivity index (χ0v) is 18.9. The fraction of sp³-hybridized carbons (Fsp3) is 0.273. The standard InChI is InChI=1S/C22H21IN6O2/c23-16-8-11-29-19(12-16)26-27-21(29)17-5-4-15-2-1-3-18(20(15)25-17)28-9-6-14(7-10-28)13-24-22(30)31/h1-5,8,11-12,14,24H,6-7,9-10,13H2,(H,30,31). The largest absolute Gasteiger partial charge is 0.465 e. The lowest BCUT2D eigenvalue weighted by atomic mass is 9.96. The van der Waals surface area contributed by atoms with Crippen molar-refractivity contribution in [3.8, 4) is 11.5 Å². The summed E-state index contributed by atoms with van der Waals surface area (Å²) < 4.78 is 3.07. The molecule has 0 unspecified atom stereocenters. The van der Waals surface area contributed by atoms with Crippen LogP contribution in [0.3, 0.4) is 0 Å². The molecule has 8 nitrogen and oxygen atoms in total. The first-order valence-electron chi connectivity index (χ1n) is 10.2. The van der Waals surface area contributed by atoms with Crippen molar-refractivity contribution in [2.24, 2.45) is 5.92 Å². The molecule has 0 atom stereocenters. The highest BCUT2D eigenvalue weighted by molar-refractivity contribution is 14.1. The van der Waals surface area contributed by atoms with Gasteiger partial charge in [-0.15, -0.1) is 10.2 Å². The minimum absolute atomic E-state index is 0.371. The number of halogens is 1. The first-order valence-corrected chi connectivity index (χ1v) is 11.3. The smallest absolute Gasteiger partial charge is 0.404 e. The Bertz CT molecular complexity index is 1270. The molecule has 1 aliphatic rings. The predicted octanol–water partition coefficient (Wildman–Crippen LogP) is 4.03. The fourth-order valence-corrected chi connectivity index (χ4v) is 4.60. The molecule has 3 aromatic heterocycles. The maximum Gasteiger partial charge on any atom is 0.404 e. The molecule has 1 fully saturated rings. The Morgan fingerprint density at radius 3 is 2.81 bits per heavy atom. The van der Waals surface area contributed by atoms with Gasteiger partial charge in [-0.3, -0.25) is 4.40 Å². The molecule has 4 aromatic rings. The average molecular weight is 528 g/mol. The average Bonchev–Trinajstić information content (AvgIpc) is 3.20. The van der Waals surface area contributed by atoms with E-state index in [1.807, 2.05) is 28.8 Å². The van der Waals surface area contributed by atoms with Crippen molar-refractivity contribution in [2.75, 3.05) is 24.5 Å². The van der Waals surface area contributed by atoms with Gasteiger partial charge in [0.1, 0.15) is 5.69 Å². The van der Waals surface area contributed by atoms with E-state index in [2.05, 4.69) is 67.3 Å². The third kappa shape index (κ3) is 4.01. The van der Waals surface area contributed by atoms with Gasteiger partial charge < -0.3 is 15.3 Å². The number of hydrogen-bond donors (Lipinski definition) is 2. The molecule has 5 rings (SSSR count). The molecule has 158 valence electrons. The molecule has 1 aliphatic heterocycles.